The fourth-order valence-electron chi connectivity index (χ4n) is 1.59. The molecule has 0 atom stereocenters. The molecule has 0 saturated heterocycles. The summed E-state index contributed by atoms with van der Waals surface area (Å²) in [6.45, 7) is 2.60. The maximum Gasteiger partial charge on any atom is 0.125 e. The molecule has 1 aliphatic rings. The van der Waals surface area contributed by atoms with Gasteiger partial charge in [-0.25, -0.2) is 0 Å². The van der Waals surface area contributed by atoms with Crippen molar-refractivity contribution < 1.29 is 9.47 Å². The van der Waals surface area contributed by atoms with Crippen molar-refractivity contribution in [3.8, 4) is 11.5 Å². The molecule has 1 fully saturated rings. The molecular formula is C12H17NO2. The lowest BCUT2D eigenvalue weighted by molar-refractivity contribution is 0.120. The number of hydrogen-bond acceptors (Lipinski definition) is 3. The topological polar surface area (TPSA) is 44.5 Å². The Morgan fingerprint density at radius 1 is 1.27 bits per heavy atom. The standard InChI is InChI=1S/C12H17NO2/c1-2-14-11-6-9(13)7-12(8-11)15-10-4-3-5-10/h6-8,10H,2-5,13H2,1H3. The Bertz CT molecular complexity index is 334. The van der Waals surface area contributed by atoms with E-state index >= 15 is 0 Å². The van der Waals surface area contributed by atoms with Crippen LogP contribution in [-0.2, 0) is 0 Å². The molecule has 0 radical (unpaired) electrons. The lowest BCUT2D eigenvalue weighted by Gasteiger charge is -2.26. The highest BCUT2D eigenvalue weighted by Crippen LogP contribution is 2.29. The van der Waals surface area contributed by atoms with E-state index in [2.05, 4.69) is 0 Å². The minimum Gasteiger partial charge on any atom is -0.494 e. The van der Waals surface area contributed by atoms with Crippen LogP contribution in [0.5, 0.6) is 11.5 Å². The van der Waals surface area contributed by atoms with Crippen LogP contribution in [-0.4, -0.2) is 12.7 Å². The lowest BCUT2D eigenvalue weighted by Crippen LogP contribution is -2.24. The number of hydrogen-bond donors (Lipinski definition) is 1. The van der Waals surface area contributed by atoms with E-state index in [1.165, 1.54) is 6.42 Å². The van der Waals surface area contributed by atoms with Gasteiger partial charge in [0.15, 0.2) is 0 Å². The molecule has 15 heavy (non-hydrogen) atoms. The maximum absolute atomic E-state index is 5.76. The molecule has 1 aromatic rings. The van der Waals surface area contributed by atoms with Gasteiger partial charge in [0.25, 0.3) is 0 Å². The van der Waals surface area contributed by atoms with Crippen molar-refractivity contribution in [2.24, 2.45) is 0 Å². The number of rotatable bonds is 4. The molecule has 1 aliphatic carbocycles. The van der Waals surface area contributed by atoms with E-state index in [4.69, 9.17) is 15.2 Å². The van der Waals surface area contributed by atoms with Gasteiger partial charge in [-0.3, -0.25) is 0 Å². The molecule has 1 aromatic carbocycles. The SMILES string of the molecule is CCOc1cc(N)cc(OC2CCC2)c1. The van der Waals surface area contributed by atoms with Gasteiger partial charge in [-0.05, 0) is 26.2 Å². The van der Waals surface area contributed by atoms with Crippen LogP contribution in [0, 0.1) is 0 Å². The Balaban J connectivity index is 2.07. The molecule has 0 aromatic heterocycles. The van der Waals surface area contributed by atoms with E-state index < -0.39 is 0 Å². The smallest absolute Gasteiger partial charge is 0.125 e. The van der Waals surface area contributed by atoms with Gasteiger partial charge in [-0.2, -0.15) is 0 Å². The van der Waals surface area contributed by atoms with Crippen molar-refractivity contribution >= 4 is 5.69 Å². The van der Waals surface area contributed by atoms with Crippen molar-refractivity contribution in [2.45, 2.75) is 32.3 Å². The van der Waals surface area contributed by atoms with Crippen molar-refractivity contribution in [3.05, 3.63) is 18.2 Å². The summed E-state index contributed by atoms with van der Waals surface area (Å²) in [6, 6.07) is 5.57. The van der Waals surface area contributed by atoms with Crippen molar-refractivity contribution in [3.63, 3.8) is 0 Å². The number of ether oxygens (including phenoxy) is 2. The molecule has 0 spiro atoms. The predicted molar refractivity (Wildman–Crippen MR) is 60.3 cm³/mol. The van der Waals surface area contributed by atoms with Gasteiger partial charge in [0.1, 0.15) is 11.5 Å². The first-order valence-electron chi connectivity index (χ1n) is 5.48. The van der Waals surface area contributed by atoms with Crippen LogP contribution in [0.25, 0.3) is 0 Å². The summed E-state index contributed by atoms with van der Waals surface area (Å²) in [6.07, 6.45) is 3.95. The minimum atomic E-state index is 0.376. The second-order valence-corrected chi connectivity index (χ2v) is 3.84. The molecule has 0 heterocycles. The predicted octanol–water partition coefficient (Wildman–Crippen LogP) is 2.60. The van der Waals surface area contributed by atoms with Gasteiger partial charge in [-0.1, -0.05) is 0 Å². The van der Waals surface area contributed by atoms with E-state index in [0.717, 1.165) is 24.3 Å². The second kappa shape index (κ2) is 4.43. The summed E-state index contributed by atoms with van der Waals surface area (Å²) in [5, 5.41) is 0. The first-order valence-corrected chi connectivity index (χ1v) is 5.48. The zero-order valence-corrected chi connectivity index (χ0v) is 9.03. The van der Waals surface area contributed by atoms with E-state index in [1.807, 2.05) is 25.1 Å². The van der Waals surface area contributed by atoms with Gasteiger partial charge in [0, 0.05) is 23.9 Å². The van der Waals surface area contributed by atoms with Gasteiger partial charge in [0.2, 0.25) is 0 Å². The van der Waals surface area contributed by atoms with Crippen molar-refractivity contribution in [2.75, 3.05) is 12.3 Å². The molecule has 3 nitrogen and oxygen atoms in total. The molecule has 0 unspecified atom stereocenters. The lowest BCUT2D eigenvalue weighted by atomic mass is 9.96. The average Bonchev–Trinajstić information content (AvgIpc) is 2.11. The van der Waals surface area contributed by atoms with Gasteiger partial charge < -0.3 is 15.2 Å². The Kier molecular flexibility index (Phi) is 2.99. The molecule has 82 valence electrons. The Hall–Kier alpha value is -1.38. The Morgan fingerprint density at radius 3 is 2.60 bits per heavy atom. The highest BCUT2D eigenvalue weighted by molar-refractivity contribution is 5.50. The largest absolute Gasteiger partial charge is 0.494 e. The highest BCUT2D eigenvalue weighted by Gasteiger charge is 2.19. The number of nitrogen functional groups attached to an aromatic ring is 1. The highest BCUT2D eigenvalue weighted by atomic mass is 16.5. The molecule has 0 aliphatic heterocycles. The van der Waals surface area contributed by atoms with Gasteiger partial charge in [0.05, 0.1) is 12.7 Å². The molecule has 3 heteroatoms. The van der Waals surface area contributed by atoms with Gasteiger partial charge >= 0.3 is 0 Å². The molecular weight excluding hydrogens is 190 g/mol. The molecule has 2 N–H and O–H groups in total. The van der Waals surface area contributed by atoms with Crippen LogP contribution in [0.15, 0.2) is 18.2 Å². The minimum absolute atomic E-state index is 0.376. The normalized spacial score (nSPS) is 15.8. The molecule has 2 rings (SSSR count). The third-order valence-corrected chi connectivity index (χ3v) is 2.57. The number of nitrogens with two attached hydrogens (primary N) is 1. The van der Waals surface area contributed by atoms with E-state index in [0.29, 0.717) is 18.4 Å². The van der Waals surface area contributed by atoms with Crippen LogP contribution in [0.1, 0.15) is 26.2 Å². The summed E-state index contributed by atoms with van der Waals surface area (Å²) in [5.41, 5.74) is 6.45. The average molecular weight is 207 g/mol. The third-order valence-electron chi connectivity index (χ3n) is 2.57. The van der Waals surface area contributed by atoms with Crippen LogP contribution in [0.3, 0.4) is 0 Å². The quantitative estimate of drug-likeness (QED) is 0.772. The first-order chi connectivity index (χ1) is 7.28. The Morgan fingerprint density at radius 2 is 2.00 bits per heavy atom. The van der Waals surface area contributed by atoms with Crippen LogP contribution in [0.4, 0.5) is 5.69 Å². The van der Waals surface area contributed by atoms with E-state index in [9.17, 15) is 0 Å². The summed E-state index contributed by atoms with van der Waals surface area (Å²) in [7, 11) is 0. The van der Waals surface area contributed by atoms with Crippen molar-refractivity contribution in [1.82, 2.24) is 0 Å². The van der Waals surface area contributed by atoms with Crippen LogP contribution in [0.2, 0.25) is 0 Å². The fraction of sp³-hybridized carbons (Fsp3) is 0.500. The number of anilines is 1. The van der Waals surface area contributed by atoms with Crippen LogP contribution < -0.4 is 15.2 Å². The van der Waals surface area contributed by atoms with E-state index in [1.54, 1.807) is 0 Å². The summed E-state index contributed by atoms with van der Waals surface area (Å²) < 4.78 is 11.2. The molecule has 0 amide bonds. The third kappa shape index (κ3) is 2.55. The zero-order chi connectivity index (χ0) is 10.7. The summed E-state index contributed by atoms with van der Waals surface area (Å²) in [5.74, 6) is 1.61. The Labute approximate surface area is 90.2 Å². The summed E-state index contributed by atoms with van der Waals surface area (Å²) in [4.78, 5) is 0. The van der Waals surface area contributed by atoms with Crippen LogP contribution >= 0.6 is 0 Å². The monoisotopic (exact) mass is 207 g/mol. The van der Waals surface area contributed by atoms with E-state index in [-0.39, 0.29) is 0 Å². The fourth-order valence-corrected chi connectivity index (χ4v) is 1.59. The maximum atomic E-state index is 5.76. The zero-order valence-electron chi connectivity index (χ0n) is 9.03. The molecule has 0 bridgehead atoms. The van der Waals surface area contributed by atoms with Gasteiger partial charge in [-0.15, -0.1) is 0 Å². The second-order valence-electron chi connectivity index (χ2n) is 3.84. The summed E-state index contributed by atoms with van der Waals surface area (Å²) >= 11 is 0. The van der Waals surface area contributed by atoms with Crippen molar-refractivity contribution in [1.29, 1.82) is 0 Å². The first kappa shape index (κ1) is 10.1. The number of benzene rings is 1. The molecule has 1 saturated carbocycles.